The standard InChI is InChI=1S/C30H41F2NO2Si/c1-10-35-28(34)17-27(33)26-16-24(29-21(8)13-25(31)14-22(29)9)15-23(30(26)32)11-12-36(18(2)3,19(4)5)20(6)7/h13-16,18-20,27H,10,17,33H2,1-9H3. The van der Waals surface area contributed by atoms with E-state index in [1.807, 2.05) is 13.8 Å². The number of aryl methyl sites for hydroxylation is 2. The zero-order valence-electron chi connectivity index (χ0n) is 23.2. The maximum Gasteiger partial charge on any atom is 0.307 e. The fourth-order valence-corrected chi connectivity index (χ4v) is 10.9. The summed E-state index contributed by atoms with van der Waals surface area (Å²) in [6, 6.07) is 5.42. The van der Waals surface area contributed by atoms with E-state index >= 15 is 4.39 Å². The van der Waals surface area contributed by atoms with Crippen LogP contribution in [0.5, 0.6) is 0 Å². The second kappa shape index (κ2) is 12.2. The Hall–Kier alpha value is -2.49. The molecular formula is C30H41F2NO2Si. The highest BCUT2D eigenvalue weighted by molar-refractivity contribution is 6.90. The molecule has 1 atom stereocenters. The number of esters is 1. The van der Waals surface area contributed by atoms with Gasteiger partial charge in [-0.05, 0) is 83.9 Å². The minimum atomic E-state index is -2.12. The number of carbonyl (C=O) groups is 1. The van der Waals surface area contributed by atoms with E-state index in [9.17, 15) is 9.18 Å². The van der Waals surface area contributed by atoms with Crippen molar-refractivity contribution in [1.29, 1.82) is 0 Å². The average molecular weight is 514 g/mol. The van der Waals surface area contributed by atoms with Crippen LogP contribution < -0.4 is 5.73 Å². The maximum absolute atomic E-state index is 15.9. The lowest BCUT2D eigenvalue weighted by Crippen LogP contribution is -2.43. The largest absolute Gasteiger partial charge is 0.466 e. The molecule has 2 rings (SSSR count). The first-order valence-corrected chi connectivity index (χ1v) is 15.0. The smallest absolute Gasteiger partial charge is 0.307 e. The quantitative estimate of drug-likeness (QED) is 0.223. The van der Waals surface area contributed by atoms with E-state index < -0.39 is 25.9 Å². The fraction of sp³-hybridized carbons (Fsp3) is 0.500. The SMILES string of the molecule is CCOC(=O)CC(N)c1cc(-c2c(C)cc(F)cc2C)cc(C#C[Si](C(C)C)(C(C)C)C(C)C)c1F. The molecule has 0 bridgehead atoms. The van der Waals surface area contributed by atoms with Gasteiger partial charge >= 0.3 is 5.97 Å². The van der Waals surface area contributed by atoms with Crippen molar-refractivity contribution in [2.75, 3.05) is 6.61 Å². The van der Waals surface area contributed by atoms with E-state index in [1.165, 1.54) is 12.1 Å². The summed E-state index contributed by atoms with van der Waals surface area (Å²) in [6.45, 7) is 18.8. The van der Waals surface area contributed by atoms with Gasteiger partial charge in [0.1, 0.15) is 19.7 Å². The zero-order valence-corrected chi connectivity index (χ0v) is 24.2. The average Bonchev–Trinajstić information content (AvgIpc) is 2.74. The third-order valence-electron chi connectivity index (χ3n) is 7.26. The van der Waals surface area contributed by atoms with E-state index in [2.05, 4.69) is 53.0 Å². The Morgan fingerprint density at radius 1 is 0.972 bits per heavy atom. The number of nitrogens with two attached hydrogens (primary N) is 1. The van der Waals surface area contributed by atoms with Crippen LogP contribution in [0.4, 0.5) is 8.78 Å². The molecule has 0 saturated heterocycles. The summed E-state index contributed by atoms with van der Waals surface area (Å²) in [5.74, 6) is 1.90. The predicted octanol–water partition coefficient (Wildman–Crippen LogP) is 7.77. The Morgan fingerprint density at radius 2 is 1.50 bits per heavy atom. The first kappa shape index (κ1) is 29.7. The van der Waals surface area contributed by atoms with Gasteiger partial charge in [-0.25, -0.2) is 8.78 Å². The molecule has 0 aromatic heterocycles. The van der Waals surface area contributed by atoms with Gasteiger partial charge in [0, 0.05) is 11.6 Å². The molecule has 0 radical (unpaired) electrons. The zero-order chi connectivity index (χ0) is 27.4. The van der Waals surface area contributed by atoms with Crippen LogP contribution >= 0.6 is 0 Å². The molecule has 0 aliphatic rings. The summed E-state index contributed by atoms with van der Waals surface area (Å²) in [5, 5.41) is 0. The number of hydrogen-bond donors (Lipinski definition) is 1. The van der Waals surface area contributed by atoms with Crippen LogP contribution in [0.15, 0.2) is 24.3 Å². The van der Waals surface area contributed by atoms with Crippen LogP contribution in [0.1, 0.15) is 83.2 Å². The molecule has 0 spiro atoms. The summed E-state index contributed by atoms with van der Waals surface area (Å²) >= 11 is 0. The van der Waals surface area contributed by atoms with Gasteiger partial charge in [-0.2, -0.15) is 0 Å². The van der Waals surface area contributed by atoms with Crippen molar-refractivity contribution >= 4 is 14.0 Å². The predicted molar refractivity (Wildman–Crippen MR) is 147 cm³/mol. The van der Waals surface area contributed by atoms with Crippen LogP contribution in [-0.2, 0) is 9.53 Å². The van der Waals surface area contributed by atoms with Gasteiger partial charge in [0.05, 0.1) is 18.6 Å². The van der Waals surface area contributed by atoms with Gasteiger partial charge in [0.25, 0.3) is 0 Å². The van der Waals surface area contributed by atoms with E-state index in [-0.39, 0.29) is 30.0 Å². The van der Waals surface area contributed by atoms with Crippen molar-refractivity contribution in [2.24, 2.45) is 5.73 Å². The molecule has 0 amide bonds. The molecule has 0 saturated carbocycles. The lowest BCUT2D eigenvalue weighted by molar-refractivity contribution is -0.143. The highest BCUT2D eigenvalue weighted by atomic mass is 28.3. The molecule has 0 heterocycles. The summed E-state index contributed by atoms with van der Waals surface area (Å²) in [5.41, 5.74) is 14.5. The van der Waals surface area contributed by atoms with Gasteiger partial charge in [0.15, 0.2) is 0 Å². The Bertz CT molecular complexity index is 1120. The molecule has 2 aromatic rings. The highest BCUT2D eigenvalue weighted by Gasteiger charge is 2.41. The molecule has 6 heteroatoms. The molecule has 36 heavy (non-hydrogen) atoms. The summed E-state index contributed by atoms with van der Waals surface area (Å²) < 4.78 is 35.0. The molecule has 3 nitrogen and oxygen atoms in total. The number of hydrogen-bond acceptors (Lipinski definition) is 3. The minimum Gasteiger partial charge on any atom is -0.466 e. The third kappa shape index (κ3) is 6.25. The highest BCUT2D eigenvalue weighted by Crippen LogP contribution is 2.41. The first-order chi connectivity index (χ1) is 16.8. The number of carbonyl (C=O) groups excluding carboxylic acids is 1. The Morgan fingerprint density at radius 3 is 1.97 bits per heavy atom. The molecule has 0 fully saturated rings. The minimum absolute atomic E-state index is 0.148. The summed E-state index contributed by atoms with van der Waals surface area (Å²) in [7, 11) is -2.12. The number of ether oxygens (including phenoxy) is 1. The molecule has 2 aromatic carbocycles. The van der Waals surface area contributed by atoms with E-state index in [1.54, 1.807) is 19.1 Å². The van der Waals surface area contributed by atoms with Crippen LogP contribution in [0.25, 0.3) is 11.1 Å². The Balaban J connectivity index is 2.82. The summed E-state index contributed by atoms with van der Waals surface area (Å²) in [4.78, 5) is 12.1. The van der Waals surface area contributed by atoms with Crippen molar-refractivity contribution in [3.8, 4) is 22.6 Å². The topological polar surface area (TPSA) is 52.3 Å². The second-order valence-corrected chi connectivity index (χ2v) is 16.2. The van der Waals surface area contributed by atoms with Gasteiger partial charge in [-0.1, -0.05) is 47.5 Å². The van der Waals surface area contributed by atoms with Crippen LogP contribution in [0.3, 0.4) is 0 Å². The summed E-state index contributed by atoms with van der Waals surface area (Å²) in [6.07, 6.45) is -0.148. The Labute approximate surface area is 216 Å². The van der Waals surface area contributed by atoms with Crippen molar-refractivity contribution in [3.05, 3.63) is 58.2 Å². The second-order valence-electron chi connectivity index (χ2n) is 10.6. The van der Waals surface area contributed by atoms with E-state index in [0.29, 0.717) is 22.2 Å². The fourth-order valence-electron chi connectivity index (χ4n) is 5.64. The first-order valence-electron chi connectivity index (χ1n) is 12.8. The van der Waals surface area contributed by atoms with Gasteiger partial charge in [-0.3, -0.25) is 4.79 Å². The molecule has 0 aliphatic carbocycles. The van der Waals surface area contributed by atoms with E-state index in [0.717, 1.165) is 16.7 Å². The van der Waals surface area contributed by atoms with Crippen LogP contribution in [-0.4, -0.2) is 20.7 Å². The molecule has 196 valence electrons. The van der Waals surface area contributed by atoms with Crippen molar-refractivity contribution < 1.29 is 18.3 Å². The number of rotatable bonds is 8. The molecule has 2 N–H and O–H groups in total. The van der Waals surface area contributed by atoms with Crippen molar-refractivity contribution in [3.63, 3.8) is 0 Å². The van der Waals surface area contributed by atoms with Crippen LogP contribution in [0.2, 0.25) is 16.6 Å². The van der Waals surface area contributed by atoms with E-state index in [4.69, 9.17) is 10.5 Å². The normalized spacial score (nSPS) is 12.6. The van der Waals surface area contributed by atoms with Crippen molar-refractivity contribution in [2.45, 2.75) is 91.4 Å². The Kier molecular flexibility index (Phi) is 10.0. The molecular weight excluding hydrogens is 472 g/mol. The number of halogens is 2. The third-order valence-corrected chi connectivity index (χ3v) is 13.5. The molecule has 0 aliphatic heterocycles. The van der Waals surface area contributed by atoms with Crippen molar-refractivity contribution in [1.82, 2.24) is 0 Å². The monoisotopic (exact) mass is 513 g/mol. The lowest BCUT2D eigenvalue weighted by atomic mass is 9.90. The molecule has 1 unspecified atom stereocenters. The number of benzene rings is 2. The van der Waals surface area contributed by atoms with Gasteiger partial charge in [-0.15, -0.1) is 5.54 Å². The van der Waals surface area contributed by atoms with Gasteiger partial charge in [0.2, 0.25) is 0 Å². The van der Waals surface area contributed by atoms with Gasteiger partial charge < -0.3 is 10.5 Å². The lowest BCUT2D eigenvalue weighted by Gasteiger charge is -2.38. The maximum atomic E-state index is 15.9. The van der Waals surface area contributed by atoms with Crippen LogP contribution in [0, 0.1) is 36.9 Å².